The average molecular weight is 350 g/mol. The normalized spacial score (nSPS) is 16.9. The van der Waals surface area contributed by atoms with Crippen molar-refractivity contribution in [3.05, 3.63) is 60.2 Å². The molecule has 1 atom stereocenters. The minimum absolute atomic E-state index is 0.0185. The second kappa shape index (κ2) is 7.35. The number of carbonyl (C=O) groups excluding carboxylic acids is 1. The number of nitrogens with one attached hydrogen (secondary N) is 1. The fraction of sp³-hybridized carbons (Fsp3) is 0.263. The number of carbonyl (C=O) groups is 1. The quantitative estimate of drug-likeness (QED) is 0.761. The number of ether oxygens (including phenoxy) is 1. The Hall–Kier alpha value is -3.22. The smallest absolute Gasteiger partial charge is 0.230 e. The summed E-state index contributed by atoms with van der Waals surface area (Å²) >= 11 is 0. The Morgan fingerprint density at radius 1 is 1.27 bits per heavy atom. The molecule has 1 N–H and O–H groups in total. The molecule has 7 heteroatoms. The van der Waals surface area contributed by atoms with Gasteiger partial charge in [-0.2, -0.15) is 4.98 Å². The van der Waals surface area contributed by atoms with Crippen molar-refractivity contribution in [2.45, 2.75) is 25.4 Å². The van der Waals surface area contributed by atoms with Gasteiger partial charge < -0.3 is 14.6 Å². The van der Waals surface area contributed by atoms with Crippen molar-refractivity contribution >= 4 is 5.91 Å². The van der Waals surface area contributed by atoms with Gasteiger partial charge in [-0.05, 0) is 24.6 Å². The largest absolute Gasteiger partial charge is 0.489 e. The van der Waals surface area contributed by atoms with E-state index in [0.717, 1.165) is 23.3 Å². The maximum Gasteiger partial charge on any atom is 0.230 e. The van der Waals surface area contributed by atoms with Crippen LogP contribution in [0.1, 0.15) is 30.2 Å². The number of pyridine rings is 1. The lowest BCUT2D eigenvalue weighted by Gasteiger charge is -2.18. The van der Waals surface area contributed by atoms with Crippen LogP contribution < -0.4 is 10.1 Å². The molecule has 26 heavy (non-hydrogen) atoms. The Morgan fingerprint density at radius 2 is 2.23 bits per heavy atom. The predicted molar refractivity (Wildman–Crippen MR) is 93.3 cm³/mol. The summed E-state index contributed by atoms with van der Waals surface area (Å²) in [6.07, 6.45) is 4.70. The molecule has 0 bridgehead atoms. The lowest BCUT2D eigenvalue weighted by molar-refractivity contribution is -0.122. The number of amides is 1. The lowest BCUT2D eigenvalue weighted by Crippen LogP contribution is -2.32. The molecule has 3 heterocycles. The van der Waals surface area contributed by atoms with Gasteiger partial charge in [0.1, 0.15) is 12.4 Å². The Labute approximate surface area is 150 Å². The van der Waals surface area contributed by atoms with Gasteiger partial charge in [0.2, 0.25) is 17.6 Å². The number of aromatic nitrogens is 3. The monoisotopic (exact) mass is 350 g/mol. The van der Waals surface area contributed by atoms with Crippen molar-refractivity contribution in [2.75, 3.05) is 6.54 Å². The minimum Gasteiger partial charge on any atom is -0.489 e. The van der Waals surface area contributed by atoms with Gasteiger partial charge in [-0.1, -0.05) is 23.4 Å². The van der Waals surface area contributed by atoms with E-state index >= 15 is 0 Å². The van der Waals surface area contributed by atoms with Gasteiger partial charge in [0.25, 0.3) is 0 Å². The molecule has 132 valence electrons. The second-order valence-corrected chi connectivity index (χ2v) is 6.17. The van der Waals surface area contributed by atoms with E-state index in [9.17, 15) is 4.79 Å². The van der Waals surface area contributed by atoms with Crippen LogP contribution in [0.15, 0.2) is 53.3 Å². The van der Waals surface area contributed by atoms with Gasteiger partial charge in [0, 0.05) is 42.4 Å². The predicted octanol–water partition coefficient (Wildman–Crippen LogP) is 2.70. The molecule has 1 aromatic carbocycles. The van der Waals surface area contributed by atoms with Crippen molar-refractivity contribution in [1.82, 2.24) is 20.4 Å². The zero-order valence-electron chi connectivity index (χ0n) is 14.1. The maximum absolute atomic E-state index is 11.5. The highest BCUT2D eigenvalue weighted by molar-refractivity contribution is 5.77. The van der Waals surface area contributed by atoms with E-state index in [1.807, 2.05) is 36.4 Å². The van der Waals surface area contributed by atoms with Gasteiger partial charge in [0.15, 0.2) is 0 Å². The van der Waals surface area contributed by atoms with E-state index in [4.69, 9.17) is 9.26 Å². The molecule has 7 nitrogen and oxygen atoms in total. The van der Waals surface area contributed by atoms with Crippen LogP contribution in [0.3, 0.4) is 0 Å². The van der Waals surface area contributed by atoms with Crippen LogP contribution in [0.5, 0.6) is 5.75 Å². The highest BCUT2D eigenvalue weighted by Crippen LogP contribution is 2.27. The van der Waals surface area contributed by atoms with Gasteiger partial charge >= 0.3 is 0 Å². The van der Waals surface area contributed by atoms with E-state index in [1.54, 1.807) is 12.4 Å². The lowest BCUT2D eigenvalue weighted by atomic mass is 9.98. The number of hydrogen-bond donors (Lipinski definition) is 1. The summed E-state index contributed by atoms with van der Waals surface area (Å²) in [5.41, 5.74) is 1.80. The van der Waals surface area contributed by atoms with Crippen molar-refractivity contribution in [3.8, 4) is 17.1 Å². The zero-order chi connectivity index (χ0) is 17.8. The highest BCUT2D eigenvalue weighted by atomic mass is 16.5. The molecule has 3 aromatic rings. The van der Waals surface area contributed by atoms with Crippen LogP contribution in [0.2, 0.25) is 0 Å². The SMILES string of the molecule is O=C1CC(c2nc(-c3cccc(OCc4cccnc4)c3)no2)CCN1. The summed E-state index contributed by atoms with van der Waals surface area (Å²) in [4.78, 5) is 20.1. The summed E-state index contributed by atoms with van der Waals surface area (Å²) in [7, 11) is 0. The summed E-state index contributed by atoms with van der Waals surface area (Å²) in [6, 6.07) is 11.4. The van der Waals surface area contributed by atoms with Crippen molar-refractivity contribution in [1.29, 1.82) is 0 Å². The summed E-state index contributed by atoms with van der Waals surface area (Å²) < 4.78 is 11.2. The number of piperidine rings is 1. The van der Waals surface area contributed by atoms with Crippen LogP contribution in [0.4, 0.5) is 0 Å². The first-order valence-corrected chi connectivity index (χ1v) is 8.50. The van der Waals surface area contributed by atoms with Crippen LogP contribution >= 0.6 is 0 Å². The third-order valence-electron chi connectivity index (χ3n) is 4.26. The number of rotatable bonds is 5. The zero-order valence-corrected chi connectivity index (χ0v) is 14.1. The van der Waals surface area contributed by atoms with Crippen molar-refractivity contribution in [3.63, 3.8) is 0 Å². The molecule has 1 aliphatic rings. The number of hydrogen-bond acceptors (Lipinski definition) is 6. The van der Waals surface area contributed by atoms with E-state index in [2.05, 4.69) is 20.4 Å². The molecule has 1 unspecified atom stereocenters. The summed E-state index contributed by atoms with van der Waals surface area (Å²) in [5.74, 6) is 1.73. The molecule has 0 radical (unpaired) electrons. The number of benzene rings is 1. The van der Waals surface area contributed by atoms with Gasteiger partial charge in [-0.3, -0.25) is 9.78 Å². The molecule has 0 saturated carbocycles. The first-order valence-electron chi connectivity index (χ1n) is 8.50. The summed E-state index contributed by atoms with van der Waals surface area (Å²) in [5, 5.41) is 6.87. The van der Waals surface area contributed by atoms with Crippen LogP contribution in [0.25, 0.3) is 11.4 Å². The maximum atomic E-state index is 11.5. The van der Waals surface area contributed by atoms with E-state index in [1.165, 1.54) is 0 Å². The van der Waals surface area contributed by atoms with Gasteiger partial charge in [0.05, 0.1) is 0 Å². The van der Waals surface area contributed by atoms with Crippen LogP contribution in [-0.2, 0) is 11.4 Å². The second-order valence-electron chi connectivity index (χ2n) is 6.17. The molecule has 1 aliphatic heterocycles. The van der Waals surface area contributed by atoms with Crippen LogP contribution in [-0.4, -0.2) is 27.6 Å². The molecule has 0 spiro atoms. The molecule has 0 aliphatic carbocycles. The standard InChI is InChI=1S/C19H18N4O3/c24-17-10-15(6-8-21-17)19-22-18(23-26-19)14-4-1-5-16(9-14)25-12-13-3-2-7-20-11-13/h1-5,7,9,11,15H,6,8,10,12H2,(H,21,24). The average Bonchev–Trinajstić information content (AvgIpc) is 3.18. The molecular formula is C19H18N4O3. The Balaban J connectivity index is 1.47. The third kappa shape index (κ3) is 3.72. The van der Waals surface area contributed by atoms with Gasteiger partial charge in [-0.15, -0.1) is 0 Å². The van der Waals surface area contributed by atoms with Crippen molar-refractivity contribution in [2.24, 2.45) is 0 Å². The number of nitrogens with zero attached hydrogens (tertiary/aromatic N) is 3. The van der Waals surface area contributed by atoms with Crippen molar-refractivity contribution < 1.29 is 14.1 Å². The molecule has 2 aromatic heterocycles. The molecular weight excluding hydrogens is 332 g/mol. The Kier molecular flexibility index (Phi) is 4.59. The highest BCUT2D eigenvalue weighted by Gasteiger charge is 2.25. The third-order valence-corrected chi connectivity index (χ3v) is 4.26. The van der Waals surface area contributed by atoms with E-state index in [-0.39, 0.29) is 11.8 Å². The molecule has 4 rings (SSSR count). The van der Waals surface area contributed by atoms with Crippen LogP contribution in [0, 0.1) is 0 Å². The molecule has 1 fully saturated rings. The molecule has 1 amide bonds. The first kappa shape index (κ1) is 16.3. The Bertz CT molecular complexity index is 895. The van der Waals surface area contributed by atoms with Gasteiger partial charge in [-0.25, -0.2) is 0 Å². The fourth-order valence-electron chi connectivity index (χ4n) is 2.89. The van der Waals surface area contributed by atoms with E-state index < -0.39 is 0 Å². The minimum atomic E-state index is -0.0185. The first-order chi connectivity index (χ1) is 12.8. The Morgan fingerprint density at radius 3 is 3.08 bits per heavy atom. The molecule has 1 saturated heterocycles. The van der Waals surface area contributed by atoms with E-state index in [0.29, 0.717) is 31.3 Å². The summed E-state index contributed by atoms with van der Waals surface area (Å²) in [6.45, 7) is 1.07. The fourth-order valence-corrected chi connectivity index (χ4v) is 2.89. The topological polar surface area (TPSA) is 90.1 Å².